The molecule has 10 nitrogen and oxygen atoms in total. The number of nitrogens with one attached hydrogen (secondary N) is 2. The number of aromatic nitrogens is 1. The van der Waals surface area contributed by atoms with Gasteiger partial charge in [-0.05, 0) is 88.7 Å². The van der Waals surface area contributed by atoms with Crippen LogP contribution in [-0.4, -0.2) is 90.6 Å². The molecular formula is C36H55N5O5. The number of primary amides is 1. The highest BCUT2D eigenvalue weighted by Gasteiger charge is 2.63. The van der Waals surface area contributed by atoms with Crippen molar-refractivity contribution >= 4 is 5.91 Å². The van der Waals surface area contributed by atoms with Gasteiger partial charge in [0.1, 0.15) is 11.9 Å². The van der Waals surface area contributed by atoms with Gasteiger partial charge in [-0.2, -0.15) is 0 Å². The maximum Gasteiger partial charge on any atom is 0.252 e. The SMILES string of the molecule is CCC1(N(Cc2c(C)cc(C)[nH]c2=O)C2(N3CCOCC3)CC(Oc3cccc(C(N)=O)c3)C2C)CCC(NCCCOC)CC1. The lowest BCUT2D eigenvalue weighted by Crippen LogP contribution is -2.79. The van der Waals surface area contributed by atoms with Crippen LogP contribution in [0.15, 0.2) is 35.1 Å². The number of aromatic amines is 1. The van der Waals surface area contributed by atoms with E-state index >= 15 is 0 Å². The number of rotatable bonds is 14. The summed E-state index contributed by atoms with van der Waals surface area (Å²) in [6.07, 6.45) is 7.03. The topological polar surface area (TPSA) is 122 Å². The van der Waals surface area contributed by atoms with Crippen LogP contribution < -0.4 is 21.3 Å². The minimum atomic E-state index is -0.465. The summed E-state index contributed by atoms with van der Waals surface area (Å²) in [5, 5.41) is 3.78. The van der Waals surface area contributed by atoms with Crippen LogP contribution in [0.1, 0.15) is 86.0 Å². The fourth-order valence-corrected chi connectivity index (χ4v) is 8.38. The van der Waals surface area contributed by atoms with Crippen molar-refractivity contribution in [1.82, 2.24) is 20.1 Å². The van der Waals surface area contributed by atoms with Crippen LogP contribution in [0.5, 0.6) is 5.75 Å². The van der Waals surface area contributed by atoms with Crippen LogP contribution in [0.25, 0.3) is 0 Å². The van der Waals surface area contributed by atoms with Gasteiger partial charge >= 0.3 is 0 Å². The van der Waals surface area contributed by atoms with E-state index < -0.39 is 5.91 Å². The number of benzene rings is 1. The third-order valence-corrected chi connectivity index (χ3v) is 11.1. The molecule has 4 N–H and O–H groups in total. The average molecular weight is 638 g/mol. The summed E-state index contributed by atoms with van der Waals surface area (Å²) in [5.41, 5.74) is 8.37. The summed E-state index contributed by atoms with van der Waals surface area (Å²) in [5.74, 6) is 0.320. The molecule has 5 rings (SSSR count). The van der Waals surface area contributed by atoms with Gasteiger partial charge in [0.05, 0.1) is 18.9 Å². The lowest BCUT2D eigenvalue weighted by atomic mass is 9.64. The van der Waals surface area contributed by atoms with Crippen molar-refractivity contribution in [2.75, 3.05) is 46.6 Å². The van der Waals surface area contributed by atoms with E-state index in [1.165, 1.54) is 0 Å². The Labute approximate surface area is 274 Å². The molecular weight excluding hydrogens is 582 g/mol. The molecule has 1 amide bonds. The van der Waals surface area contributed by atoms with Crippen molar-refractivity contribution in [3.05, 3.63) is 63.1 Å². The molecule has 1 aliphatic heterocycles. The minimum Gasteiger partial charge on any atom is -0.490 e. The van der Waals surface area contributed by atoms with Gasteiger partial charge in [-0.1, -0.05) is 19.9 Å². The van der Waals surface area contributed by atoms with Gasteiger partial charge in [-0.25, -0.2) is 0 Å². The molecule has 46 heavy (non-hydrogen) atoms. The molecule has 2 saturated carbocycles. The van der Waals surface area contributed by atoms with E-state index in [2.05, 4.69) is 46.9 Å². The predicted octanol–water partition coefficient (Wildman–Crippen LogP) is 4.13. The van der Waals surface area contributed by atoms with E-state index in [1.54, 1.807) is 19.2 Å². The summed E-state index contributed by atoms with van der Waals surface area (Å²) in [4.78, 5) is 33.9. The zero-order chi connectivity index (χ0) is 32.9. The Bertz CT molecular complexity index is 1380. The minimum absolute atomic E-state index is 0.00224. The largest absolute Gasteiger partial charge is 0.490 e. The molecule has 2 aliphatic carbocycles. The van der Waals surface area contributed by atoms with Gasteiger partial charge in [-0.3, -0.25) is 19.4 Å². The quantitative estimate of drug-likeness (QED) is 0.265. The normalized spacial score (nSPS) is 28.6. The first-order valence-electron chi connectivity index (χ1n) is 17.2. The van der Waals surface area contributed by atoms with E-state index in [0.29, 0.717) is 37.1 Å². The molecule has 0 radical (unpaired) electrons. The second-order valence-electron chi connectivity index (χ2n) is 13.7. The van der Waals surface area contributed by atoms with E-state index in [-0.39, 0.29) is 28.8 Å². The standard InChI is InChI=1S/C36H55N5O5/c1-6-35(13-11-29(12-14-35)38-15-8-18-44-5)41(24-31-25(2)21-26(3)39-34(31)43)36(40-16-19-45-20-17-40)23-32(27(36)4)46-30-10-7-9-28(22-30)33(37)42/h7,9-10,21-22,27,29,32,38H,6,8,11-20,23-24H2,1-5H3,(H2,37,42)(H,39,43). The van der Waals surface area contributed by atoms with Gasteiger partial charge in [-0.15, -0.1) is 0 Å². The highest BCUT2D eigenvalue weighted by atomic mass is 16.5. The van der Waals surface area contributed by atoms with Crippen LogP contribution >= 0.6 is 0 Å². The molecule has 1 aromatic carbocycles. The third kappa shape index (κ3) is 7.06. The number of ether oxygens (including phenoxy) is 3. The van der Waals surface area contributed by atoms with Crippen molar-refractivity contribution in [2.45, 2.75) is 103 Å². The Hall–Kier alpha value is -2.76. The maximum absolute atomic E-state index is 13.6. The highest BCUT2D eigenvalue weighted by molar-refractivity contribution is 5.93. The summed E-state index contributed by atoms with van der Waals surface area (Å²) in [7, 11) is 1.76. The summed E-state index contributed by atoms with van der Waals surface area (Å²) in [6.45, 7) is 14.0. The van der Waals surface area contributed by atoms with Crippen molar-refractivity contribution in [3.63, 3.8) is 0 Å². The fourth-order valence-electron chi connectivity index (χ4n) is 8.38. The van der Waals surface area contributed by atoms with Crippen LogP contribution in [0.2, 0.25) is 0 Å². The molecule has 3 atom stereocenters. The summed E-state index contributed by atoms with van der Waals surface area (Å²) in [6, 6.07) is 9.75. The number of hydrogen-bond acceptors (Lipinski definition) is 8. The average Bonchev–Trinajstić information content (AvgIpc) is 3.05. The van der Waals surface area contributed by atoms with E-state index in [0.717, 1.165) is 88.0 Å². The number of methoxy groups -OCH3 is 1. The molecule has 3 aliphatic rings. The summed E-state index contributed by atoms with van der Waals surface area (Å²) < 4.78 is 17.7. The number of carbonyl (C=O) groups is 1. The number of H-pyrrole nitrogens is 1. The Morgan fingerprint density at radius 1 is 1.20 bits per heavy atom. The fraction of sp³-hybridized carbons (Fsp3) is 0.667. The van der Waals surface area contributed by atoms with Gasteiger partial charge < -0.3 is 30.2 Å². The Kier molecular flexibility index (Phi) is 11.3. The molecule has 0 spiro atoms. The monoisotopic (exact) mass is 637 g/mol. The van der Waals surface area contributed by atoms with Gasteiger partial charge in [0, 0.05) is 74.1 Å². The first-order chi connectivity index (χ1) is 22.1. The van der Waals surface area contributed by atoms with Crippen molar-refractivity contribution < 1.29 is 19.0 Å². The lowest BCUT2D eigenvalue weighted by molar-refractivity contribution is -0.253. The molecule has 3 fully saturated rings. The highest BCUT2D eigenvalue weighted by Crippen LogP contribution is 2.54. The van der Waals surface area contributed by atoms with Crippen LogP contribution in [0.4, 0.5) is 0 Å². The Morgan fingerprint density at radius 3 is 2.57 bits per heavy atom. The van der Waals surface area contributed by atoms with E-state index in [9.17, 15) is 9.59 Å². The molecule has 10 heteroatoms. The first kappa shape index (κ1) is 34.6. The molecule has 2 aromatic rings. The number of aryl methyl sites for hydroxylation is 2. The smallest absolute Gasteiger partial charge is 0.252 e. The first-order valence-corrected chi connectivity index (χ1v) is 17.2. The number of hydrogen-bond donors (Lipinski definition) is 3. The number of nitrogens with two attached hydrogens (primary N) is 1. The molecule has 0 bridgehead atoms. The second kappa shape index (κ2) is 15.0. The third-order valence-electron chi connectivity index (χ3n) is 11.1. The second-order valence-corrected chi connectivity index (χ2v) is 13.7. The lowest BCUT2D eigenvalue weighted by Gasteiger charge is -2.68. The maximum atomic E-state index is 13.6. The van der Waals surface area contributed by atoms with Crippen molar-refractivity contribution in [1.29, 1.82) is 0 Å². The Morgan fingerprint density at radius 2 is 1.93 bits per heavy atom. The molecule has 2 heterocycles. The summed E-state index contributed by atoms with van der Waals surface area (Å²) >= 11 is 0. The molecule has 1 saturated heterocycles. The van der Waals surface area contributed by atoms with Crippen LogP contribution in [-0.2, 0) is 16.0 Å². The number of nitrogens with zero attached hydrogens (tertiary/aromatic N) is 2. The predicted molar refractivity (Wildman–Crippen MR) is 180 cm³/mol. The van der Waals surface area contributed by atoms with Crippen molar-refractivity contribution in [2.24, 2.45) is 11.7 Å². The zero-order valence-corrected chi connectivity index (χ0v) is 28.5. The van der Waals surface area contributed by atoms with Crippen LogP contribution in [0.3, 0.4) is 0 Å². The zero-order valence-electron chi connectivity index (χ0n) is 28.5. The molecule has 254 valence electrons. The number of amides is 1. The Balaban J connectivity index is 1.51. The molecule has 3 unspecified atom stereocenters. The number of carbonyl (C=O) groups excluding carboxylic acids is 1. The van der Waals surface area contributed by atoms with E-state index in [4.69, 9.17) is 19.9 Å². The molecule has 1 aromatic heterocycles. The van der Waals surface area contributed by atoms with Gasteiger partial charge in [0.15, 0.2) is 0 Å². The van der Waals surface area contributed by atoms with E-state index in [1.807, 2.05) is 19.1 Å². The van der Waals surface area contributed by atoms with Gasteiger partial charge in [0.25, 0.3) is 5.56 Å². The number of pyridine rings is 1. The van der Waals surface area contributed by atoms with Crippen LogP contribution in [0, 0.1) is 19.8 Å². The number of morpholine rings is 1. The van der Waals surface area contributed by atoms with Crippen molar-refractivity contribution in [3.8, 4) is 5.75 Å². The van der Waals surface area contributed by atoms with Gasteiger partial charge in [0.2, 0.25) is 5.91 Å².